The number of hydrogen-bond acceptors (Lipinski definition) is 3. The highest BCUT2D eigenvalue weighted by atomic mass is 16.5. The summed E-state index contributed by atoms with van der Waals surface area (Å²) in [6.07, 6.45) is 0.909. The molecule has 0 aliphatic carbocycles. The van der Waals surface area contributed by atoms with Crippen molar-refractivity contribution in [3.05, 3.63) is 126 Å². The number of nitrogens with zero attached hydrogens (tertiary/aromatic N) is 2. The number of ether oxygens (including phenoxy) is 1. The fourth-order valence-electron chi connectivity index (χ4n) is 6.61. The monoisotopic (exact) mass is 512 g/mol. The predicted octanol–water partition coefficient (Wildman–Crippen LogP) is 9.93. The molecule has 2 aliphatic heterocycles. The first-order valence-electron chi connectivity index (χ1n) is 13.7. The zero-order valence-electron chi connectivity index (χ0n) is 22.0. The van der Waals surface area contributed by atoms with Gasteiger partial charge in [0, 0.05) is 16.8 Å². The number of nitriles is 1. The van der Waals surface area contributed by atoms with E-state index in [-0.39, 0.29) is 5.92 Å². The zero-order valence-corrected chi connectivity index (χ0v) is 22.0. The summed E-state index contributed by atoms with van der Waals surface area (Å²) in [4.78, 5) is 4.95. The van der Waals surface area contributed by atoms with Crippen molar-refractivity contribution in [2.45, 2.75) is 19.3 Å². The van der Waals surface area contributed by atoms with E-state index in [0.29, 0.717) is 5.56 Å². The summed E-state index contributed by atoms with van der Waals surface area (Å²) in [6, 6.07) is 40.3. The van der Waals surface area contributed by atoms with E-state index in [1.54, 1.807) is 0 Å². The second kappa shape index (κ2) is 8.66. The highest BCUT2D eigenvalue weighted by Gasteiger charge is 2.36. The number of rotatable bonds is 3. The topological polar surface area (TPSA) is 45.4 Å². The molecule has 0 amide bonds. The molecule has 1 atom stereocenters. The molecule has 6 aromatic carbocycles. The predicted molar refractivity (Wildman–Crippen MR) is 163 cm³/mol. The molecule has 0 saturated carbocycles. The van der Waals surface area contributed by atoms with Crippen LogP contribution in [-0.2, 0) is 0 Å². The van der Waals surface area contributed by atoms with Crippen molar-refractivity contribution in [3.63, 3.8) is 0 Å². The maximum Gasteiger partial charge on any atom is 0.133 e. The Labute approximate surface area is 232 Å². The summed E-state index contributed by atoms with van der Waals surface area (Å²) >= 11 is 0. The first-order valence-corrected chi connectivity index (χ1v) is 13.7. The van der Waals surface area contributed by atoms with Crippen molar-refractivity contribution in [1.82, 2.24) is 0 Å². The summed E-state index contributed by atoms with van der Waals surface area (Å²) in [7, 11) is 0. The van der Waals surface area contributed by atoms with Crippen molar-refractivity contribution >= 4 is 32.9 Å². The Morgan fingerprint density at radius 1 is 0.700 bits per heavy atom. The molecular formula is C37H24N2O. The van der Waals surface area contributed by atoms with E-state index >= 15 is 0 Å². The summed E-state index contributed by atoms with van der Waals surface area (Å²) in [5.41, 5.74) is 9.89. The van der Waals surface area contributed by atoms with Gasteiger partial charge in [0.05, 0.1) is 23.2 Å². The van der Waals surface area contributed by atoms with E-state index < -0.39 is 0 Å². The van der Waals surface area contributed by atoms with Crippen LogP contribution in [0.2, 0.25) is 0 Å². The summed E-state index contributed by atoms with van der Waals surface area (Å²) in [5.74, 6) is 1.96. The molecule has 3 nitrogen and oxygen atoms in total. The van der Waals surface area contributed by atoms with Gasteiger partial charge in [0.2, 0.25) is 0 Å². The SMILES string of the molecule is CCC1=Nc2cccc3c2C1c1ccc(-c2c4ccccc4c(-c4ccc(C#N)cc4)c4ccccc24)cc1O3. The standard InChI is InChI=1S/C37H24N2O/c1-2-30-36-29-19-18-24(20-33(29)40-32-13-7-12-31(39-30)37(32)36)35-27-10-5-3-8-25(27)34(26-9-4-6-11-28(26)35)23-16-14-22(21-38)15-17-23/h3-20,36H,2H2,1H3. The maximum absolute atomic E-state index is 9.34. The first kappa shape index (κ1) is 22.8. The van der Waals surface area contributed by atoms with Crippen molar-refractivity contribution in [2.24, 2.45) is 4.99 Å². The van der Waals surface area contributed by atoms with Crippen LogP contribution in [0.15, 0.2) is 114 Å². The van der Waals surface area contributed by atoms with Gasteiger partial charge in [-0.05, 0) is 80.6 Å². The molecule has 0 radical (unpaired) electrons. The van der Waals surface area contributed by atoms with Crippen LogP contribution in [0.5, 0.6) is 11.5 Å². The molecule has 6 aromatic rings. The Morgan fingerprint density at radius 2 is 1.32 bits per heavy atom. The lowest BCUT2D eigenvalue weighted by atomic mass is 9.82. The summed E-state index contributed by atoms with van der Waals surface area (Å²) in [6.45, 7) is 2.18. The quantitative estimate of drug-likeness (QED) is 0.221. The maximum atomic E-state index is 9.34. The van der Waals surface area contributed by atoms with Gasteiger partial charge in [0.1, 0.15) is 11.5 Å². The molecule has 0 fully saturated rings. The fourth-order valence-corrected chi connectivity index (χ4v) is 6.61. The third kappa shape index (κ3) is 3.20. The Kier molecular flexibility index (Phi) is 4.93. The first-order chi connectivity index (χ1) is 19.7. The molecule has 0 spiro atoms. The van der Waals surface area contributed by atoms with Crippen LogP contribution < -0.4 is 4.74 Å². The smallest absolute Gasteiger partial charge is 0.133 e. The van der Waals surface area contributed by atoms with E-state index in [4.69, 9.17) is 9.73 Å². The highest BCUT2D eigenvalue weighted by molar-refractivity contribution is 6.21. The lowest BCUT2D eigenvalue weighted by Crippen LogP contribution is -2.14. The minimum Gasteiger partial charge on any atom is -0.457 e. The number of fused-ring (bicyclic) bond motifs is 4. The van der Waals surface area contributed by atoms with Crippen LogP contribution in [0, 0.1) is 11.3 Å². The Balaban J connectivity index is 1.38. The van der Waals surface area contributed by atoms with Gasteiger partial charge in [-0.3, -0.25) is 4.99 Å². The van der Waals surface area contributed by atoms with Gasteiger partial charge >= 0.3 is 0 Å². The Bertz CT molecular complexity index is 2020. The molecule has 0 aromatic heterocycles. The van der Waals surface area contributed by atoms with Crippen molar-refractivity contribution in [3.8, 4) is 39.8 Å². The van der Waals surface area contributed by atoms with Crippen molar-refractivity contribution in [2.75, 3.05) is 0 Å². The van der Waals surface area contributed by atoms with E-state index in [9.17, 15) is 5.26 Å². The summed E-state index contributed by atoms with van der Waals surface area (Å²) < 4.78 is 6.56. The molecule has 2 heterocycles. The molecule has 0 N–H and O–H groups in total. The van der Waals surface area contributed by atoms with Gasteiger partial charge in [0.15, 0.2) is 0 Å². The third-order valence-electron chi connectivity index (χ3n) is 8.36. The molecule has 8 rings (SSSR count). The summed E-state index contributed by atoms with van der Waals surface area (Å²) in [5, 5.41) is 14.1. The number of hydrogen-bond donors (Lipinski definition) is 0. The van der Waals surface area contributed by atoms with Gasteiger partial charge in [-0.25, -0.2) is 0 Å². The highest BCUT2D eigenvalue weighted by Crippen LogP contribution is 2.54. The van der Waals surface area contributed by atoms with Gasteiger partial charge < -0.3 is 4.74 Å². The van der Waals surface area contributed by atoms with E-state index in [1.165, 1.54) is 49.5 Å². The molecule has 188 valence electrons. The van der Waals surface area contributed by atoms with Gasteiger partial charge in [-0.15, -0.1) is 0 Å². The fraction of sp³-hybridized carbons (Fsp3) is 0.0811. The van der Waals surface area contributed by atoms with E-state index in [1.807, 2.05) is 18.2 Å². The molecular weight excluding hydrogens is 488 g/mol. The Morgan fingerprint density at radius 3 is 1.95 bits per heavy atom. The van der Waals surface area contributed by atoms with Crippen LogP contribution >= 0.6 is 0 Å². The number of benzene rings is 6. The van der Waals surface area contributed by atoms with Crippen LogP contribution in [-0.4, -0.2) is 5.71 Å². The van der Waals surface area contributed by atoms with Gasteiger partial charge in [-0.2, -0.15) is 5.26 Å². The van der Waals surface area contributed by atoms with Crippen LogP contribution in [0.3, 0.4) is 0 Å². The lowest BCUT2D eigenvalue weighted by molar-refractivity contribution is 0.458. The normalized spacial score (nSPS) is 14.8. The van der Waals surface area contributed by atoms with Crippen LogP contribution in [0.1, 0.15) is 36.0 Å². The second-order valence-corrected chi connectivity index (χ2v) is 10.5. The molecule has 0 bridgehead atoms. The minimum atomic E-state index is 0.154. The average Bonchev–Trinajstić information content (AvgIpc) is 3.40. The van der Waals surface area contributed by atoms with E-state index in [2.05, 4.69) is 104 Å². The minimum absolute atomic E-state index is 0.154. The van der Waals surface area contributed by atoms with Gasteiger partial charge in [-0.1, -0.05) is 85.8 Å². The van der Waals surface area contributed by atoms with Crippen molar-refractivity contribution in [1.29, 1.82) is 5.26 Å². The lowest BCUT2D eigenvalue weighted by Gasteiger charge is -2.27. The second-order valence-electron chi connectivity index (χ2n) is 10.5. The third-order valence-corrected chi connectivity index (χ3v) is 8.36. The van der Waals surface area contributed by atoms with Crippen LogP contribution in [0.4, 0.5) is 5.69 Å². The zero-order chi connectivity index (χ0) is 26.8. The molecule has 3 heteroatoms. The largest absolute Gasteiger partial charge is 0.457 e. The van der Waals surface area contributed by atoms with Crippen LogP contribution in [0.25, 0.3) is 43.8 Å². The molecule has 40 heavy (non-hydrogen) atoms. The molecule has 0 saturated heterocycles. The van der Waals surface area contributed by atoms with E-state index in [0.717, 1.165) is 34.7 Å². The molecule has 2 aliphatic rings. The number of aliphatic imine (C=N–C) groups is 1. The average molecular weight is 513 g/mol. The molecule has 1 unspecified atom stereocenters. The Hall–Kier alpha value is -5.20. The van der Waals surface area contributed by atoms with Gasteiger partial charge in [0.25, 0.3) is 0 Å². The van der Waals surface area contributed by atoms with Crippen molar-refractivity contribution < 1.29 is 4.74 Å².